The Balaban J connectivity index is 5.16. The van der Waals surface area contributed by atoms with Gasteiger partial charge < -0.3 is 15.9 Å². The Hall–Kier alpha value is -0.210. The van der Waals surface area contributed by atoms with Crippen molar-refractivity contribution in [1.29, 1.82) is 0 Å². The van der Waals surface area contributed by atoms with Gasteiger partial charge in [0.15, 0.2) is 4.75 Å². The van der Waals surface area contributed by atoms with Crippen LogP contribution < -0.4 is 5.73 Å². The summed E-state index contributed by atoms with van der Waals surface area (Å²) in [5, 5.41) is 17.7. The highest BCUT2D eigenvalue weighted by molar-refractivity contribution is 7.87. The van der Waals surface area contributed by atoms with Gasteiger partial charge in [0, 0.05) is 6.04 Å². The minimum Gasteiger partial charge on any atom is -0.394 e. The van der Waals surface area contributed by atoms with E-state index in [9.17, 15) is 8.42 Å². The van der Waals surface area contributed by atoms with E-state index in [-0.39, 0.29) is 6.42 Å². The van der Waals surface area contributed by atoms with Crippen LogP contribution in [0.4, 0.5) is 0 Å². The highest BCUT2D eigenvalue weighted by Crippen LogP contribution is 2.20. The lowest BCUT2D eigenvalue weighted by Gasteiger charge is -2.31. The van der Waals surface area contributed by atoms with E-state index in [1.165, 1.54) is 0 Å². The maximum absolute atomic E-state index is 10.9. The van der Waals surface area contributed by atoms with Gasteiger partial charge in [0.05, 0.1) is 13.2 Å². The molecule has 0 saturated carbocycles. The van der Waals surface area contributed by atoms with Gasteiger partial charge in [-0.3, -0.25) is 4.55 Å². The number of hydrogen-bond acceptors (Lipinski definition) is 5. The van der Waals surface area contributed by atoms with Crippen LogP contribution in [-0.2, 0) is 10.1 Å². The molecule has 7 heteroatoms. The minimum atomic E-state index is -4.56. The Morgan fingerprint density at radius 3 is 1.85 bits per heavy atom. The maximum Gasteiger partial charge on any atom is 0.276 e. The molecule has 1 unspecified atom stereocenters. The zero-order valence-corrected chi connectivity index (χ0v) is 8.16. The van der Waals surface area contributed by atoms with Gasteiger partial charge in [-0.05, 0) is 6.42 Å². The average molecular weight is 213 g/mol. The molecule has 0 bridgehead atoms. The smallest absolute Gasteiger partial charge is 0.276 e. The second-order valence-corrected chi connectivity index (χ2v) is 4.63. The second kappa shape index (κ2) is 4.34. The van der Waals surface area contributed by atoms with E-state index in [4.69, 9.17) is 20.5 Å². The van der Waals surface area contributed by atoms with Crippen LogP contribution in [0, 0.1) is 0 Å². The summed E-state index contributed by atoms with van der Waals surface area (Å²) in [4.78, 5) is 0. The molecule has 6 nitrogen and oxygen atoms in total. The van der Waals surface area contributed by atoms with Crippen molar-refractivity contribution in [2.75, 3.05) is 13.2 Å². The molecule has 0 aromatic heterocycles. The Morgan fingerprint density at radius 1 is 1.38 bits per heavy atom. The first-order valence-electron chi connectivity index (χ1n) is 3.80. The summed E-state index contributed by atoms with van der Waals surface area (Å²) in [5.41, 5.74) is 5.40. The second-order valence-electron chi connectivity index (χ2n) is 2.87. The summed E-state index contributed by atoms with van der Waals surface area (Å²) >= 11 is 0. The highest BCUT2D eigenvalue weighted by atomic mass is 32.2. The summed E-state index contributed by atoms with van der Waals surface area (Å²) in [7, 11) is -4.56. The molecule has 1 atom stereocenters. The van der Waals surface area contributed by atoms with E-state index in [2.05, 4.69) is 0 Å². The first kappa shape index (κ1) is 12.8. The Labute approximate surface area is 77.1 Å². The van der Waals surface area contributed by atoms with E-state index < -0.39 is 34.1 Å². The molecule has 0 amide bonds. The van der Waals surface area contributed by atoms with Crippen LogP contribution >= 0.6 is 0 Å². The van der Waals surface area contributed by atoms with Crippen molar-refractivity contribution in [3.63, 3.8) is 0 Å². The molecular formula is C6H15NO5S. The number of nitrogens with two attached hydrogens (primary N) is 1. The van der Waals surface area contributed by atoms with Crippen LogP contribution in [0.3, 0.4) is 0 Å². The van der Waals surface area contributed by atoms with Crippen LogP contribution in [0.25, 0.3) is 0 Å². The Kier molecular flexibility index (Phi) is 4.27. The van der Waals surface area contributed by atoms with E-state index in [0.29, 0.717) is 0 Å². The molecular weight excluding hydrogens is 198 g/mol. The molecule has 0 heterocycles. The molecule has 80 valence electrons. The fraction of sp³-hybridized carbons (Fsp3) is 1.00. The third-order valence-electron chi connectivity index (χ3n) is 2.16. The summed E-state index contributed by atoms with van der Waals surface area (Å²) in [5.74, 6) is 0. The van der Waals surface area contributed by atoms with Gasteiger partial charge in [-0.15, -0.1) is 0 Å². The third-order valence-corrected chi connectivity index (χ3v) is 3.75. The normalized spacial score (nSPS) is 15.8. The standard InChI is InChI=1S/C6H15NO5S/c1-2-5(7)6(3-8,4-9)13(10,11)12/h5,8-9H,2-4,7H2,1H3,(H,10,11,12). The first-order valence-corrected chi connectivity index (χ1v) is 5.24. The molecule has 0 spiro atoms. The monoisotopic (exact) mass is 213 g/mol. The van der Waals surface area contributed by atoms with Gasteiger partial charge in [-0.2, -0.15) is 8.42 Å². The van der Waals surface area contributed by atoms with Crippen LogP contribution in [-0.4, -0.2) is 47.2 Å². The van der Waals surface area contributed by atoms with Crippen molar-refractivity contribution in [2.24, 2.45) is 5.73 Å². The highest BCUT2D eigenvalue weighted by Gasteiger charge is 2.46. The average Bonchev–Trinajstić information content (AvgIpc) is 2.04. The van der Waals surface area contributed by atoms with E-state index >= 15 is 0 Å². The minimum absolute atomic E-state index is 0.223. The molecule has 0 aromatic rings. The zero-order valence-electron chi connectivity index (χ0n) is 7.34. The zero-order chi connectivity index (χ0) is 10.7. The van der Waals surface area contributed by atoms with Crippen molar-refractivity contribution >= 4 is 10.1 Å². The summed E-state index contributed by atoms with van der Waals surface area (Å²) in [6, 6.07) is -1.00. The van der Waals surface area contributed by atoms with Crippen molar-refractivity contribution in [2.45, 2.75) is 24.1 Å². The first-order chi connectivity index (χ1) is 5.85. The van der Waals surface area contributed by atoms with Crippen molar-refractivity contribution in [3.05, 3.63) is 0 Å². The van der Waals surface area contributed by atoms with E-state index in [0.717, 1.165) is 0 Å². The summed E-state index contributed by atoms with van der Waals surface area (Å²) in [6.07, 6.45) is 0.223. The molecule has 5 N–H and O–H groups in total. The molecule has 0 rings (SSSR count). The van der Waals surface area contributed by atoms with Crippen LogP contribution in [0.1, 0.15) is 13.3 Å². The fourth-order valence-corrected chi connectivity index (χ4v) is 1.89. The predicted octanol–water partition coefficient (Wildman–Crippen LogP) is -1.67. The van der Waals surface area contributed by atoms with Gasteiger partial charge in [0.2, 0.25) is 0 Å². The van der Waals surface area contributed by atoms with Gasteiger partial charge in [-0.1, -0.05) is 6.92 Å². The van der Waals surface area contributed by atoms with E-state index in [1.54, 1.807) is 6.92 Å². The van der Waals surface area contributed by atoms with Gasteiger partial charge in [0.1, 0.15) is 0 Å². The molecule has 0 aliphatic heterocycles. The van der Waals surface area contributed by atoms with Crippen molar-refractivity contribution in [1.82, 2.24) is 0 Å². The summed E-state index contributed by atoms with van der Waals surface area (Å²) < 4.78 is 28.5. The van der Waals surface area contributed by atoms with Gasteiger partial charge in [-0.25, -0.2) is 0 Å². The molecule has 0 aromatic carbocycles. The maximum atomic E-state index is 10.9. The fourth-order valence-electron chi connectivity index (χ4n) is 1.01. The van der Waals surface area contributed by atoms with Gasteiger partial charge >= 0.3 is 0 Å². The van der Waals surface area contributed by atoms with E-state index in [1.807, 2.05) is 0 Å². The lowest BCUT2D eigenvalue weighted by atomic mass is 9.99. The Morgan fingerprint density at radius 2 is 1.77 bits per heavy atom. The van der Waals surface area contributed by atoms with Crippen LogP contribution in [0.15, 0.2) is 0 Å². The topological polar surface area (TPSA) is 121 Å². The van der Waals surface area contributed by atoms with Crippen molar-refractivity contribution < 1.29 is 23.2 Å². The largest absolute Gasteiger partial charge is 0.394 e. The number of aliphatic hydroxyl groups excluding tert-OH is 2. The third kappa shape index (κ3) is 2.18. The van der Waals surface area contributed by atoms with Crippen LogP contribution in [0.5, 0.6) is 0 Å². The number of rotatable bonds is 5. The molecule has 0 aliphatic carbocycles. The molecule has 13 heavy (non-hydrogen) atoms. The predicted molar refractivity (Wildman–Crippen MR) is 46.7 cm³/mol. The van der Waals surface area contributed by atoms with Crippen LogP contribution in [0.2, 0.25) is 0 Å². The molecule has 0 saturated heterocycles. The lowest BCUT2D eigenvalue weighted by molar-refractivity contribution is 0.140. The Bertz CT molecular complexity index is 246. The lowest BCUT2D eigenvalue weighted by Crippen LogP contribution is -2.58. The number of hydrogen-bond donors (Lipinski definition) is 4. The molecule has 0 aliphatic rings. The SMILES string of the molecule is CCC(N)C(CO)(CO)S(=O)(=O)O. The number of aliphatic hydroxyl groups is 2. The quantitative estimate of drug-likeness (QED) is 0.405. The molecule has 0 fully saturated rings. The summed E-state index contributed by atoms with van der Waals surface area (Å²) in [6.45, 7) is -0.218. The van der Waals surface area contributed by atoms with Crippen molar-refractivity contribution in [3.8, 4) is 0 Å². The molecule has 0 radical (unpaired) electrons. The van der Waals surface area contributed by atoms with Gasteiger partial charge in [0.25, 0.3) is 10.1 Å².